The minimum absolute atomic E-state index is 0.940. The van der Waals surface area contributed by atoms with Crippen molar-refractivity contribution in [3.8, 4) is 67.3 Å². The van der Waals surface area contributed by atoms with Gasteiger partial charge in [0.15, 0.2) is 0 Å². The van der Waals surface area contributed by atoms with E-state index in [1.165, 1.54) is 77.0 Å². The smallest absolute Gasteiger partial charge is 0.0705 e. The van der Waals surface area contributed by atoms with E-state index in [2.05, 4.69) is 229 Å². The Kier molecular flexibility index (Phi) is 8.91. The molecule has 4 aromatic heterocycles. The summed E-state index contributed by atoms with van der Waals surface area (Å²) in [6.07, 6.45) is 3.94. The molecule has 0 amide bonds. The molecule has 4 nitrogen and oxygen atoms in total. The average Bonchev–Trinajstić information content (AvgIpc) is 3.87. The first-order chi connectivity index (χ1) is 31.6. The maximum absolute atomic E-state index is 5.03. The highest BCUT2D eigenvalue weighted by atomic mass is 15.0. The predicted octanol–water partition coefficient (Wildman–Crippen LogP) is 15.6. The van der Waals surface area contributed by atoms with Crippen LogP contribution < -0.4 is 0 Å². The van der Waals surface area contributed by atoms with Crippen molar-refractivity contribution in [1.82, 2.24) is 19.1 Å². The fourth-order valence-corrected chi connectivity index (χ4v) is 9.67. The van der Waals surface area contributed by atoms with Gasteiger partial charge in [0.25, 0.3) is 0 Å². The van der Waals surface area contributed by atoms with E-state index in [9.17, 15) is 0 Å². The van der Waals surface area contributed by atoms with Crippen LogP contribution >= 0.6 is 0 Å². The van der Waals surface area contributed by atoms with Gasteiger partial charge in [0.05, 0.1) is 33.5 Å². The molecule has 12 rings (SSSR count). The third-order valence-electron chi connectivity index (χ3n) is 12.9. The summed E-state index contributed by atoms with van der Waals surface area (Å²) < 4.78 is 4.76. The Morgan fingerprint density at radius 3 is 1.27 bits per heavy atom. The molecular formula is C60H42N4. The quantitative estimate of drug-likeness (QED) is 0.161. The zero-order valence-electron chi connectivity index (χ0n) is 35.6. The number of hydrogen-bond acceptors (Lipinski definition) is 2. The van der Waals surface area contributed by atoms with Crippen molar-refractivity contribution >= 4 is 43.6 Å². The number of aryl methyl sites for hydroxylation is 2. The Morgan fingerprint density at radius 1 is 0.297 bits per heavy atom. The van der Waals surface area contributed by atoms with Gasteiger partial charge in [-0.15, -0.1) is 0 Å². The lowest BCUT2D eigenvalue weighted by Gasteiger charge is -2.13. The maximum atomic E-state index is 5.03. The molecule has 0 aliphatic carbocycles. The van der Waals surface area contributed by atoms with Crippen LogP contribution in [0.3, 0.4) is 0 Å². The van der Waals surface area contributed by atoms with Crippen molar-refractivity contribution in [3.63, 3.8) is 0 Å². The van der Waals surface area contributed by atoms with Gasteiger partial charge >= 0.3 is 0 Å². The van der Waals surface area contributed by atoms with Crippen molar-refractivity contribution < 1.29 is 0 Å². The van der Waals surface area contributed by atoms with Crippen LogP contribution in [-0.2, 0) is 0 Å². The third-order valence-corrected chi connectivity index (χ3v) is 12.9. The predicted molar refractivity (Wildman–Crippen MR) is 267 cm³/mol. The first-order valence-corrected chi connectivity index (χ1v) is 21.9. The molecule has 0 fully saturated rings. The van der Waals surface area contributed by atoms with Crippen LogP contribution in [0.2, 0.25) is 0 Å². The number of fused-ring (bicyclic) bond motifs is 6. The zero-order valence-corrected chi connectivity index (χ0v) is 35.6. The van der Waals surface area contributed by atoms with E-state index in [0.717, 1.165) is 45.0 Å². The maximum Gasteiger partial charge on any atom is 0.0705 e. The minimum atomic E-state index is 0.940. The Bertz CT molecular complexity index is 3710. The molecule has 0 saturated carbocycles. The lowest BCUT2D eigenvalue weighted by molar-refractivity contribution is 1.17. The third kappa shape index (κ3) is 6.30. The summed E-state index contributed by atoms with van der Waals surface area (Å²) in [5, 5.41) is 4.98. The molecule has 4 heteroatoms. The van der Waals surface area contributed by atoms with E-state index < -0.39 is 0 Å². The number of aromatic nitrogens is 4. The normalized spacial score (nSPS) is 11.6. The van der Waals surface area contributed by atoms with E-state index in [0.29, 0.717) is 0 Å². The van der Waals surface area contributed by atoms with E-state index in [1.807, 2.05) is 12.4 Å². The van der Waals surface area contributed by atoms with Crippen molar-refractivity contribution in [3.05, 3.63) is 230 Å². The first-order valence-electron chi connectivity index (χ1n) is 21.9. The largest absolute Gasteiger partial charge is 0.309 e. The summed E-state index contributed by atoms with van der Waals surface area (Å²) in [7, 11) is 0. The lowest BCUT2D eigenvalue weighted by atomic mass is 10.0. The number of hydrogen-bond donors (Lipinski definition) is 0. The Morgan fingerprint density at radius 2 is 0.750 bits per heavy atom. The fraction of sp³-hybridized carbons (Fsp3) is 0.0333. The zero-order chi connectivity index (χ0) is 42.7. The molecule has 0 aliphatic rings. The first kappa shape index (κ1) is 37.4. The van der Waals surface area contributed by atoms with Crippen molar-refractivity contribution in [2.24, 2.45) is 0 Å². The van der Waals surface area contributed by atoms with Crippen LogP contribution in [0.5, 0.6) is 0 Å². The SMILES string of the molecule is Cc1cc(-n2c3ccccc3c3cc(-c4ccccc4)ccc32)ccc1-c1ccc(-c2ccc(-c3cc(-n4c5ccccc5c5cc(-c6ccccc6)ccc54)ccc3C)nc2)cn1. The second-order valence-electron chi connectivity index (χ2n) is 16.8. The topological polar surface area (TPSA) is 35.6 Å². The second kappa shape index (κ2) is 15.2. The van der Waals surface area contributed by atoms with Gasteiger partial charge in [0.2, 0.25) is 0 Å². The van der Waals surface area contributed by atoms with Gasteiger partial charge in [0, 0.05) is 67.6 Å². The van der Waals surface area contributed by atoms with E-state index in [-0.39, 0.29) is 0 Å². The molecule has 302 valence electrons. The molecular weight excluding hydrogens is 777 g/mol. The molecule has 0 atom stereocenters. The van der Waals surface area contributed by atoms with Gasteiger partial charge in [-0.2, -0.15) is 0 Å². The summed E-state index contributed by atoms with van der Waals surface area (Å²) in [6.45, 7) is 4.34. The van der Waals surface area contributed by atoms with Crippen LogP contribution in [0.15, 0.2) is 219 Å². The fourth-order valence-electron chi connectivity index (χ4n) is 9.67. The van der Waals surface area contributed by atoms with Gasteiger partial charge in [0.1, 0.15) is 0 Å². The number of nitrogens with zero attached hydrogens (tertiary/aromatic N) is 4. The second-order valence-corrected chi connectivity index (χ2v) is 16.8. The van der Waals surface area contributed by atoms with Crippen LogP contribution in [0.1, 0.15) is 11.1 Å². The molecule has 0 spiro atoms. The summed E-state index contributed by atoms with van der Waals surface area (Å²) in [4.78, 5) is 10.0. The van der Waals surface area contributed by atoms with Crippen LogP contribution in [0.4, 0.5) is 0 Å². The van der Waals surface area contributed by atoms with Crippen molar-refractivity contribution in [2.75, 3.05) is 0 Å². The monoisotopic (exact) mass is 818 g/mol. The summed E-state index contributed by atoms with van der Waals surface area (Å²) in [5.74, 6) is 0. The highest BCUT2D eigenvalue weighted by Crippen LogP contribution is 2.38. The van der Waals surface area contributed by atoms with Crippen molar-refractivity contribution in [2.45, 2.75) is 13.8 Å². The van der Waals surface area contributed by atoms with Crippen molar-refractivity contribution in [1.29, 1.82) is 0 Å². The standard InChI is InChI=1S/C60H42N4/c1-39-21-26-48(64-58-20-12-10-18-51(58)54-35-44(25-32-60(54)64)42-15-7-4-8-16-42)36-52(39)56-30-23-46(38-62-56)45-22-29-55(61-37-45)49-28-27-47(33-40(49)2)63-57-19-11-9-17-50(57)53-34-43(24-31-59(53)63)41-13-5-3-6-14-41/h3-38H,1-2H3. The molecule has 12 aromatic rings. The van der Waals surface area contributed by atoms with Crippen LogP contribution in [-0.4, -0.2) is 19.1 Å². The Hall–Kier alpha value is -8.34. The summed E-state index contributed by atoms with van der Waals surface area (Å²) in [6, 6.07) is 74.2. The van der Waals surface area contributed by atoms with Gasteiger partial charge in [-0.3, -0.25) is 9.97 Å². The van der Waals surface area contributed by atoms with Gasteiger partial charge < -0.3 is 9.13 Å². The molecule has 0 radical (unpaired) electrons. The molecule has 0 N–H and O–H groups in total. The molecule has 0 saturated heterocycles. The Balaban J connectivity index is 0.829. The highest BCUT2D eigenvalue weighted by Gasteiger charge is 2.17. The molecule has 64 heavy (non-hydrogen) atoms. The van der Waals surface area contributed by atoms with Gasteiger partial charge in [-0.25, -0.2) is 0 Å². The number of rotatable bonds is 7. The summed E-state index contributed by atoms with van der Waals surface area (Å²) in [5.41, 5.74) is 20.4. The van der Waals surface area contributed by atoms with E-state index in [4.69, 9.17) is 9.97 Å². The molecule has 0 bridgehead atoms. The van der Waals surface area contributed by atoms with Gasteiger partial charge in [-0.05, 0) is 120 Å². The van der Waals surface area contributed by atoms with Gasteiger partial charge in [-0.1, -0.05) is 133 Å². The van der Waals surface area contributed by atoms with E-state index in [1.54, 1.807) is 0 Å². The number of benzene rings is 8. The van der Waals surface area contributed by atoms with Crippen LogP contribution in [0.25, 0.3) is 111 Å². The summed E-state index contributed by atoms with van der Waals surface area (Å²) >= 11 is 0. The van der Waals surface area contributed by atoms with Crippen LogP contribution in [0, 0.1) is 13.8 Å². The molecule has 0 aliphatic heterocycles. The lowest BCUT2D eigenvalue weighted by Crippen LogP contribution is -1.97. The number of pyridine rings is 2. The average molecular weight is 819 g/mol. The molecule has 0 unspecified atom stereocenters. The molecule has 8 aromatic carbocycles. The highest BCUT2D eigenvalue weighted by molar-refractivity contribution is 6.11. The Labute approximate surface area is 372 Å². The van der Waals surface area contributed by atoms with E-state index >= 15 is 0 Å². The molecule has 4 heterocycles. The minimum Gasteiger partial charge on any atom is -0.309 e. The number of para-hydroxylation sites is 2.